The van der Waals surface area contributed by atoms with E-state index in [1.165, 1.54) is 21.9 Å². The van der Waals surface area contributed by atoms with Crippen LogP contribution in [0.4, 0.5) is 5.13 Å². The summed E-state index contributed by atoms with van der Waals surface area (Å²) in [6.07, 6.45) is 2.86. The molecule has 1 amide bonds. The van der Waals surface area contributed by atoms with Crippen LogP contribution in [-0.2, 0) is 0 Å². The zero-order chi connectivity index (χ0) is 18.1. The van der Waals surface area contributed by atoms with Crippen LogP contribution in [0.1, 0.15) is 17.3 Å². The van der Waals surface area contributed by atoms with E-state index in [9.17, 15) is 9.59 Å². The zero-order valence-electron chi connectivity index (χ0n) is 13.8. The predicted octanol–water partition coefficient (Wildman–Crippen LogP) is 2.96. The summed E-state index contributed by atoms with van der Waals surface area (Å²) in [6.45, 7) is 2.49. The molecule has 0 radical (unpaired) electrons. The predicted molar refractivity (Wildman–Crippen MR) is 100 cm³/mol. The van der Waals surface area contributed by atoms with Gasteiger partial charge in [0.25, 0.3) is 11.5 Å². The van der Waals surface area contributed by atoms with Gasteiger partial charge in [0, 0.05) is 12.4 Å². The lowest BCUT2D eigenvalue weighted by molar-refractivity contribution is 0.102. The number of benzene rings is 1. The molecule has 0 unspecified atom stereocenters. The number of aromatic nitrogens is 3. The minimum atomic E-state index is -0.537. The van der Waals surface area contributed by atoms with Crippen LogP contribution >= 0.6 is 11.3 Å². The first-order valence-corrected chi connectivity index (χ1v) is 8.78. The van der Waals surface area contributed by atoms with Crippen LogP contribution in [0.15, 0.2) is 53.6 Å². The minimum Gasteiger partial charge on any atom is -0.494 e. The number of pyridine rings is 1. The van der Waals surface area contributed by atoms with Crippen molar-refractivity contribution in [2.24, 2.45) is 0 Å². The molecule has 3 aromatic heterocycles. The first kappa shape index (κ1) is 16.2. The molecule has 0 fully saturated rings. The lowest BCUT2D eigenvalue weighted by atomic mass is 10.3. The maximum absolute atomic E-state index is 12.5. The lowest BCUT2D eigenvalue weighted by Crippen LogP contribution is -2.26. The summed E-state index contributed by atoms with van der Waals surface area (Å²) in [5.41, 5.74) is 0.774. The molecule has 7 nitrogen and oxygen atoms in total. The van der Waals surface area contributed by atoms with Crippen LogP contribution in [0, 0.1) is 0 Å². The average Bonchev–Trinajstić information content (AvgIpc) is 3.04. The summed E-state index contributed by atoms with van der Waals surface area (Å²) in [7, 11) is 0. The quantitative estimate of drug-likeness (QED) is 0.600. The fourth-order valence-corrected chi connectivity index (χ4v) is 3.45. The number of ether oxygens (including phenoxy) is 1. The molecule has 1 aromatic carbocycles. The lowest BCUT2D eigenvalue weighted by Gasteiger charge is -2.03. The average molecular weight is 366 g/mol. The van der Waals surface area contributed by atoms with Crippen molar-refractivity contribution in [2.75, 3.05) is 11.9 Å². The smallest absolute Gasteiger partial charge is 0.270 e. The van der Waals surface area contributed by atoms with Gasteiger partial charge in [-0.1, -0.05) is 17.4 Å². The Labute approximate surface area is 151 Å². The van der Waals surface area contributed by atoms with Gasteiger partial charge in [0.05, 0.1) is 16.8 Å². The highest BCUT2D eigenvalue weighted by molar-refractivity contribution is 7.22. The molecule has 0 saturated heterocycles. The van der Waals surface area contributed by atoms with Crippen molar-refractivity contribution in [3.05, 3.63) is 64.7 Å². The van der Waals surface area contributed by atoms with Crippen LogP contribution in [0.2, 0.25) is 0 Å². The first-order valence-electron chi connectivity index (χ1n) is 7.97. The fraction of sp³-hybridized carbons (Fsp3) is 0.111. The summed E-state index contributed by atoms with van der Waals surface area (Å²) >= 11 is 1.32. The van der Waals surface area contributed by atoms with Crippen molar-refractivity contribution in [3.63, 3.8) is 0 Å². The van der Waals surface area contributed by atoms with E-state index in [4.69, 9.17) is 4.74 Å². The van der Waals surface area contributed by atoms with Gasteiger partial charge in [0.2, 0.25) is 0 Å². The van der Waals surface area contributed by atoms with E-state index in [0.29, 0.717) is 17.4 Å². The SMILES string of the molecule is CCOc1ccc2nc(NC(=O)c3cnc4ccccn4c3=O)sc2c1. The molecule has 0 aliphatic rings. The van der Waals surface area contributed by atoms with Gasteiger partial charge in [-0.2, -0.15) is 0 Å². The fourth-order valence-electron chi connectivity index (χ4n) is 2.56. The maximum Gasteiger partial charge on any atom is 0.270 e. The maximum atomic E-state index is 12.5. The highest BCUT2D eigenvalue weighted by Crippen LogP contribution is 2.29. The molecule has 0 atom stereocenters. The molecule has 0 spiro atoms. The molecular formula is C18H14N4O3S. The molecule has 4 aromatic rings. The number of rotatable bonds is 4. The standard InChI is InChI=1S/C18H14N4O3S/c1-2-25-11-6-7-13-14(9-11)26-18(20-13)21-16(23)12-10-19-15-5-3-4-8-22(15)17(12)24/h3-10H,2H2,1H3,(H,20,21,23). The van der Waals surface area contributed by atoms with Gasteiger partial charge in [-0.15, -0.1) is 0 Å². The Morgan fingerprint density at radius 1 is 1.31 bits per heavy atom. The van der Waals surface area contributed by atoms with E-state index in [-0.39, 0.29) is 5.56 Å². The van der Waals surface area contributed by atoms with Crippen LogP contribution in [0.25, 0.3) is 15.9 Å². The molecule has 4 rings (SSSR count). The van der Waals surface area contributed by atoms with Crippen molar-refractivity contribution in [3.8, 4) is 5.75 Å². The molecule has 26 heavy (non-hydrogen) atoms. The van der Waals surface area contributed by atoms with E-state index < -0.39 is 11.5 Å². The third-order valence-electron chi connectivity index (χ3n) is 3.75. The highest BCUT2D eigenvalue weighted by atomic mass is 32.1. The Balaban J connectivity index is 1.65. The normalized spacial score (nSPS) is 11.0. The molecule has 0 aliphatic heterocycles. The summed E-state index contributed by atoms with van der Waals surface area (Å²) in [5.74, 6) is 0.211. The summed E-state index contributed by atoms with van der Waals surface area (Å²) in [4.78, 5) is 33.5. The van der Waals surface area contributed by atoms with E-state index in [2.05, 4.69) is 15.3 Å². The summed E-state index contributed by atoms with van der Waals surface area (Å²) in [6, 6.07) is 10.7. The monoisotopic (exact) mass is 366 g/mol. The Morgan fingerprint density at radius 2 is 2.19 bits per heavy atom. The number of nitrogens with one attached hydrogen (secondary N) is 1. The van der Waals surface area contributed by atoms with Crippen LogP contribution < -0.4 is 15.6 Å². The number of anilines is 1. The zero-order valence-corrected chi connectivity index (χ0v) is 14.6. The van der Waals surface area contributed by atoms with E-state index >= 15 is 0 Å². The third kappa shape index (κ3) is 2.91. The number of hydrogen-bond acceptors (Lipinski definition) is 6. The highest BCUT2D eigenvalue weighted by Gasteiger charge is 2.15. The van der Waals surface area contributed by atoms with Gasteiger partial charge in [0.1, 0.15) is 17.0 Å². The first-order chi connectivity index (χ1) is 12.7. The second kappa shape index (κ2) is 6.57. The Kier molecular flexibility index (Phi) is 4.10. The van der Waals surface area contributed by atoms with E-state index in [1.807, 2.05) is 25.1 Å². The van der Waals surface area contributed by atoms with Gasteiger partial charge in [-0.25, -0.2) is 9.97 Å². The van der Waals surface area contributed by atoms with Crippen molar-refractivity contribution in [1.82, 2.24) is 14.4 Å². The third-order valence-corrected chi connectivity index (χ3v) is 4.68. The van der Waals surface area contributed by atoms with Crippen LogP contribution in [0.5, 0.6) is 5.75 Å². The largest absolute Gasteiger partial charge is 0.494 e. The topological polar surface area (TPSA) is 85.6 Å². The molecule has 1 N–H and O–H groups in total. The number of carbonyl (C=O) groups excluding carboxylic acids is 1. The van der Waals surface area contributed by atoms with E-state index in [0.717, 1.165) is 16.0 Å². The second-order valence-corrected chi connectivity index (χ2v) is 6.47. The number of hydrogen-bond donors (Lipinski definition) is 1. The van der Waals surface area contributed by atoms with Crippen molar-refractivity contribution in [2.45, 2.75) is 6.92 Å². The van der Waals surface area contributed by atoms with E-state index in [1.54, 1.807) is 24.4 Å². The van der Waals surface area contributed by atoms with Crippen molar-refractivity contribution in [1.29, 1.82) is 0 Å². The minimum absolute atomic E-state index is 0.0389. The van der Waals surface area contributed by atoms with Crippen molar-refractivity contribution < 1.29 is 9.53 Å². The number of fused-ring (bicyclic) bond motifs is 2. The number of thiazole rings is 1. The molecule has 8 heteroatoms. The van der Waals surface area contributed by atoms with Gasteiger partial charge in [0.15, 0.2) is 5.13 Å². The molecular weight excluding hydrogens is 352 g/mol. The molecule has 0 bridgehead atoms. The van der Waals surface area contributed by atoms with Crippen LogP contribution in [0.3, 0.4) is 0 Å². The second-order valence-electron chi connectivity index (χ2n) is 5.44. The van der Waals surface area contributed by atoms with Crippen molar-refractivity contribution >= 4 is 38.2 Å². The Morgan fingerprint density at radius 3 is 3.04 bits per heavy atom. The van der Waals surface area contributed by atoms with Crippen LogP contribution in [-0.4, -0.2) is 26.9 Å². The molecule has 0 aliphatic carbocycles. The van der Waals surface area contributed by atoms with Gasteiger partial charge in [-0.05, 0) is 37.3 Å². The summed E-state index contributed by atoms with van der Waals surface area (Å²) in [5, 5.41) is 3.09. The molecule has 130 valence electrons. The van der Waals surface area contributed by atoms with Gasteiger partial charge >= 0.3 is 0 Å². The number of amides is 1. The Hall–Kier alpha value is -3.26. The van der Waals surface area contributed by atoms with Gasteiger partial charge in [-0.3, -0.25) is 19.3 Å². The van der Waals surface area contributed by atoms with Gasteiger partial charge < -0.3 is 4.74 Å². The molecule has 3 heterocycles. The molecule has 0 saturated carbocycles. The number of carbonyl (C=O) groups is 1. The summed E-state index contributed by atoms with van der Waals surface area (Å²) < 4.78 is 7.69. The number of nitrogens with zero attached hydrogens (tertiary/aromatic N) is 3. The Bertz CT molecular complexity index is 1180.